The Morgan fingerprint density at radius 1 is 1.23 bits per heavy atom. The third-order valence-corrected chi connectivity index (χ3v) is 6.03. The molecule has 26 heavy (non-hydrogen) atoms. The Bertz CT molecular complexity index is 793. The number of thioether (sulfide) groups is 1. The van der Waals surface area contributed by atoms with Gasteiger partial charge in [0.2, 0.25) is 0 Å². The van der Waals surface area contributed by atoms with Crippen LogP contribution in [-0.2, 0) is 0 Å². The van der Waals surface area contributed by atoms with Gasteiger partial charge >= 0.3 is 0 Å². The average Bonchev–Trinajstić information content (AvgIpc) is 3.21. The molecule has 4 nitrogen and oxygen atoms in total. The molecule has 0 bridgehead atoms. The quantitative estimate of drug-likeness (QED) is 0.757. The van der Waals surface area contributed by atoms with Crippen molar-refractivity contribution in [1.82, 2.24) is 9.88 Å². The molecular formula is C21H25N3OS. The van der Waals surface area contributed by atoms with Gasteiger partial charge in [0.05, 0.1) is 17.8 Å². The Balaban J connectivity index is 1.75. The second-order valence-electron chi connectivity index (χ2n) is 7.08. The molecule has 1 fully saturated rings. The van der Waals surface area contributed by atoms with Crippen LogP contribution in [0.3, 0.4) is 0 Å². The predicted molar refractivity (Wildman–Crippen MR) is 108 cm³/mol. The highest BCUT2D eigenvalue weighted by atomic mass is 32.2. The van der Waals surface area contributed by atoms with Crippen molar-refractivity contribution in [3.05, 3.63) is 59.9 Å². The van der Waals surface area contributed by atoms with Crippen LogP contribution in [0.5, 0.6) is 5.75 Å². The Morgan fingerprint density at radius 2 is 2.12 bits per heavy atom. The molecular weight excluding hydrogens is 342 g/mol. The number of amidine groups is 1. The normalized spacial score (nSPS) is 24.7. The fourth-order valence-electron chi connectivity index (χ4n) is 3.75. The van der Waals surface area contributed by atoms with E-state index in [-0.39, 0.29) is 18.2 Å². The van der Waals surface area contributed by atoms with E-state index in [1.807, 2.05) is 36.2 Å². The summed E-state index contributed by atoms with van der Waals surface area (Å²) in [6.07, 6.45) is 3.15. The van der Waals surface area contributed by atoms with Crippen molar-refractivity contribution < 1.29 is 4.74 Å². The molecule has 2 aliphatic rings. The minimum absolute atomic E-state index is 0.0300. The molecule has 0 unspecified atom stereocenters. The third kappa shape index (κ3) is 3.20. The predicted octanol–water partition coefficient (Wildman–Crippen LogP) is 4.85. The van der Waals surface area contributed by atoms with E-state index >= 15 is 0 Å². The second-order valence-corrected chi connectivity index (χ2v) is 8.06. The first-order valence-electron chi connectivity index (χ1n) is 9.34. The molecule has 0 aliphatic carbocycles. The fraction of sp³-hybridized carbons (Fsp3) is 0.429. The first-order chi connectivity index (χ1) is 12.7. The van der Waals surface area contributed by atoms with E-state index in [4.69, 9.17) is 9.73 Å². The highest BCUT2D eigenvalue weighted by Gasteiger charge is 2.45. The number of aliphatic imine (C=N–C) groups is 1. The van der Waals surface area contributed by atoms with Crippen molar-refractivity contribution >= 4 is 16.9 Å². The zero-order valence-corrected chi connectivity index (χ0v) is 16.3. The Hall–Kier alpha value is -2.01. The van der Waals surface area contributed by atoms with Crippen LogP contribution in [0, 0.1) is 0 Å². The molecule has 3 heterocycles. The van der Waals surface area contributed by atoms with Gasteiger partial charge in [0.1, 0.15) is 11.8 Å². The molecule has 0 saturated carbocycles. The lowest BCUT2D eigenvalue weighted by atomic mass is 9.95. The molecule has 0 spiro atoms. The largest absolute Gasteiger partial charge is 0.491 e. The lowest BCUT2D eigenvalue weighted by molar-refractivity contribution is 0.237. The van der Waals surface area contributed by atoms with E-state index in [1.54, 1.807) is 0 Å². The first-order valence-corrected chi connectivity index (χ1v) is 10.3. The van der Waals surface area contributed by atoms with E-state index in [1.165, 1.54) is 5.56 Å². The molecule has 0 radical (unpaired) electrons. The Labute approximate surface area is 159 Å². The number of rotatable bonds is 5. The van der Waals surface area contributed by atoms with Gasteiger partial charge in [-0.15, -0.1) is 0 Å². The first kappa shape index (κ1) is 17.4. The Kier molecular flexibility index (Phi) is 4.90. The smallest absolute Gasteiger partial charge is 0.160 e. The van der Waals surface area contributed by atoms with Gasteiger partial charge in [0.15, 0.2) is 5.17 Å². The maximum Gasteiger partial charge on any atom is 0.160 e. The molecule has 0 N–H and O–H groups in total. The van der Waals surface area contributed by atoms with Crippen LogP contribution in [0.2, 0.25) is 0 Å². The van der Waals surface area contributed by atoms with E-state index in [2.05, 4.69) is 54.9 Å². The van der Waals surface area contributed by atoms with Crippen molar-refractivity contribution in [2.45, 2.75) is 51.4 Å². The van der Waals surface area contributed by atoms with Crippen LogP contribution in [0.4, 0.5) is 0 Å². The summed E-state index contributed by atoms with van der Waals surface area (Å²) in [6.45, 7) is 6.38. The van der Waals surface area contributed by atoms with Crippen LogP contribution in [0.15, 0.2) is 53.7 Å². The molecule has 1 aromatic heterocycles. The molecule has 1 saturated heterocycles. The van der Waals surface area contributed by atoms with Crippen molar-refractivity contribution in [2.24, 2.45) is 4.99 Å². The SMILES string of the molecule is CC[C@@H]1CSC2=N[C@@H](c3ccccn3)[C@H](c3cccc(OC(C)C)c3)N21. The molecule has 0 amide bonds. The molecule has 3 atom stereocenters. The lowest BCUT2D eigenvalue weighted by Gasteiger charge is -2.32. The van der Waals surface area contributed by atoms with Crippen molar-refractivity contribution in [1.29, 1.82) is 0 Å². The average molecular weight is 368 g/mol. The van der Waals surface area contributed by atoms with Gasteiger partial charge in [-0.3, -0.25) is 9.98 Å². The zero-order valence-electron chi connectivity index (χ0n) is 15.5. The highest BCUT2D eigenvalue weighted by Crippen LogP contribution is 2.48. The summed E-state index contributed by atoms with van der Waals surface area (Å²) in [7, 11) is 0. The molecule has 136 valence electrons. The minimum Gasteiger partial charge on any atom is -0.491 e. The van der Waals surface area contributed by atoms with E-state index in [0.29, 0.717) is 6.04 Å². The van der Waals surface area contributed by atoms with Gasteiger partial charge in [-0.25, -0.2) is 0 Å². The van der Waals surface area contributed by atoms with Crippen LogP contribution in [-0.4, -0.2) is 33.0 Å². The summed E-state index contributed by atoms with van der Waals surface area (Å²) < 4.78 is 5.94. The van der Waals surface area contributed by atoms with Gasteiger partial charge in [0, 0.05) is 18.0 Å². The number of fused-ring (bicyclic) bond motifs is 1. The third-order valence-electron chi connectivity index (χ3n) is 4.90. The van der Waals surface area contributed by atoms with Gasteiger partial charge < -0.3 is 9.64 Å². The minimum atomic E-state index is 0.0300. The fourth-order valence-corrected chi connectivity index (χ4v) is 5.09. The van der Waals surface area contributed by atoms with Gasteiger partial charge in [0.25, 0.3) is 0 Å². The van der Waals surface area contributed by atoms with Crippen LogP contribution < -0.4 is 4.74 Å². The van der Waals surface area contributed by atoms with E-state index in [9.17, 15) is 0 Å². The molecule has 2 aliphatic heterocycles. The summed E-state index contributed by atoms with van der Waals surface area (Å²) in [5, 5.41) is 1.16. The topological polar surface area (TPSA) is 37.7 Å². The van der Waals surface area contributed by atoms with Crippen LogP contribution >= 0.6 is 11.8 Å². The molecule has 2 aromatic rings. The zero-order chi connectivity index (χ0) is 18.1. The Morgan fingerprint density at radius 3 is 2.85 bits per heavy atom. The van der Waals surface area contributed by atoms with E-state index < -0.39 is 0 Å². The summed E-state index contributed by atoms with van der Waals surface area (Å²) in [4.78, 5) is 12.2. The maximum atomic E-state index is 5.94. The number of nitrogens with zero attached hydrogens (tertiary/aromatic N) is 3. The summed E-state index contributed by atoms with van der Waals surface area (Å²) in [5.41, 5.74) is 2.28. The second kappa shape index (κ2) is 7.31. The van der Waals surface area contributed by atoms with E-state index in [0.717, 1.165) is 28.8 Å². The van der Waals surface area contributed by atoms with Crippen molar-refractivity contribution in [3.63, 3.8) is 0 Å². The van der Waals surface area contributed by atoms with Crippen molar-refractivity contribution in [2.75, 3.05) is 5.75 Å². The number of ether oxygens (including phenoxy) is 1. The highest BCUT2D eigenvalue weighted by molar-refractivity contribution is 8.14. The van der Waals surface area contributed by atoms with Gasteiger partial charge in [-0.2, -0.15) is 0 Å². The van der Waals surface area contributed by atoms with Crippen LogP contribution in [0.1, 0.15) is 50.5 Å². The summed E-state index contributed by atoms with van der Waals surface area (Å²) in [6, 6.07) is 15.3. The summed E-state index contributed by atoms with van der Waals surface area (Å²) >= 11 is 1.87. The molecule has 4 rings (SSSR count). The van der Waals surface area contributed by atoms with Gasteiger partial charge in [-0.05, 0) is 50.1 Å². The number of pyridine rings is 1. The monoisotopic (exact) mass is 367 g/mol. The van der Waals surface area contributed by atoms with Gasteiger partial charge in [-0.1, -0.05) is 36.9 Å². The molecule has 5 heteroatoms. The standard InChI is InChI=1S/C21H25N3OS/c1-4-16-13-26-21-23-19(18-10-5-6-11-22-18)20(24(16)21)15-8-7-9-17(12-15)25-14(2)3/h5-12,14,16,19-20H,4,13H2,1-3H3/t16-,19+,20+/m1/s1. The summed E-state index contributed by atoms with van der Waals surface area (Å²) in [5.74, 6) is 2.04. The number of aromatic nitrogens is 1. The number of hydrogen-bond acceptors (Lipinski definition) is 5. The lowest BCUT2D eigenvalue weighted by Crippen LogP contribution is -2.35. The molecule has 1 aromatic carbocycles. The van der Waals surface area contributed by atoms with Crippen LogP contribution in [0.25, 0.3) is 0 Å². The maximum absolute atomic E-state index is 5.94. The number of hydrogen-bond donors (Lipinski definition) is 0. The van der Waals surface area contributed by atoms with Crippen molar-refractivity contribution in [3.8, 4) is 5.75 Å². The number of benzene rings is 1.